The van der Waals surface area contributed by atoms with Crippen molar-refractivity contribution in [2.45, 2.75) is 18.6 Å². The van der Waals surface area contributed by atoms with Gasteiger partial charge in [0.05, 0.1) is 17.0 Å². The van der Waals surface area contributed by atoms with Crippen molar-refractivity contribution in [2.24, 2.45) is 0 Å². The molecule has 2 aromatic heterocycles. The lowest BCUT2D eigenvalue weighted by Crippen LogP contribution is -2.16. The second-order valence-electron chi connectivity index (χ2n) is 4.08. The Kier molecular flexibility index (Phi) is 2.92. The molecule has 2 aromatic rings. The zero-order valence-corrected chi connectivity index (χ0v) is 10.3. The van der Waals surface area contributed by atoms with Crippen molar-refractivity contribution in [3.8, 4) is 10.7 Å². The topological polar surface area (TPSA) is 62.8 Å². The van der Waals surface area contributed by atoms with E-state index in [1.165, 1.54) is 0 Å². The highest BCUT2D eigenvalue weighted by atomic mass is 32.1. The van der Waals surface area contributed by atoms with Crippen molar-refractivity contribution in [2.75, 3.05) is 13.7 Å². The molecule has 3 rings (SSSR count). The summed E-state index contributed by atoms with van der Waals surface area (Å²) in [4.78, 5) is 5.62. The number of nitrogens with one attached hydrogen (secondary N) is 2. The van der Waals surface area contributed by atoms with Crippen LogP contribution in [0.5, 0.6) is 0 Å². The van der Waals surface area contributed by atoms with E-state index < -0.39 is 0 Å². The number of nitrogens with zero attached hydrogens (tertiary/aromatic N) is 2. The molecule has 0 spiro atoms. The zero-order chi connectivity index (χ0) is 11.7. The molecule has 0 amide bonds. The summed E-state index contributed by atoms with van der Waals surface area (Å²) in [6, 6.07) is 4.25. The van der Waals surface area contributed by atoms with Crippen LogP contribution in [0.3, 0.4) is 0 Å². The van der Waals surface area contributed by atoms with Crippen molar-refractivity contribution in [3.63, 3.8) is 0 Å². The summed E-state index contributed by atoms with van der Waals surface area (Å²) in [7, 11) is 1.74. The molecule has 0 aromatic carbocycles. The first kappa shape index (κ1) is 10.9. The minimum atomic E-state index is 0.223. The van der Waals surface area contributed by atoms with Crippen LogP contribution in [-0.4, -0.2) is 34.9 Å². The molecule has 3 heterocycles. The number of rotatable bonds is 3. The van der Waals surface area contributed by atoms with Gasteiger partial charge in [-0.05, 0) is 17.9 Å². The predicted molar refractivity (Wildman–Crippen MR) is 65.9 cm³/mol. The van der Waals surface area contributed by atoms with E-state index in [-0.39, 0.29) is 12.1 Å². The molecule has 2 N–H and O–H groups in total. The second-order valence-corrected chi connectivity index (χ2v) is 5.02. The summed E-state index contributed by atoms with van der Waals surface area (Å²) in [5.74, 6) is 1.67. The quantitative estimate of drug-likeness (QED) is 0.868. The molecule has 1 aliphatic heterocycles. The fourth-order valence-corrected chi connectivity index (χ4v) is 2.69. The van der Waals surface area contributed by atoms with Gasteiger partial charge in [0.2, 0.25) is 0 Å². The maximum Gasteiger partial charge on any atom is 0.191 e. The number of ether oxygens (including phenoxy) is 1. The van der Waals surface area contributed by atoms with Crippen molar-refractivity contribution >= 4 is 11.3 Å². The van der Waals surface area contributed by atoms with Crippen molar-refractivity contribution in [1.82, 2.24) is 20.5 Å². The van der Waals surface area contributed by atoms with E-state index in [4.69, 9.17) is 4.74 Å². The van der Waals surface area contributed by atoms with Gasteiger partial charge in [0.15, 0.2) is 5.82 Å². The van der Waals surface area contributed by atoms with Crippen LogP contribution in [0.1, 0.15) is 18.3 Å². The van der Waals surface area contributed by atoms with Gasteiger partial charge in [0.1, 0.15) is 5.82 Å². The lowest BCUT2D eigenvalue weighted by molar-refractivity contribution is 0.117. The van der Waals surface area contributed by atoms with E-state index in [9.17, 15) is 0 Å². The van der Waals surface area contributed by atoms with Crippen LogP contribution in [0.4, 0.5) is 0 Å². The Morgan fingerprint density at radius 2 is 2.47 bits per heavy atom. The van der Waals surface area contributed by atoms with Crippen LogP contribution in [0.15, 0.2) is 17.5 Å². The van der Waals surface area contributed by atoms with Crippen LogP contribution < -0.4 is 5.32 Å². The molecule has 2 atom stereocenters. The molecule has 0 aliphatic carbocycles. The standard InChI is InChI=1S/C11H14N4OS/c1-16-7-5-8(12-6-7)10-13-11(15-14-10)9-3-2-4-17-9/h2-4,7-8,12H,5-6H2,1H3,(H,13,14,15). The first-order valence-electron chi connectivity index (χ1n) is 5.59. The van der Waals surface area contributed by atoms with Gasteiger partial charge >= 0.3 is 0 Å². The number of methoxy groups -OCH3 is 1. The molecule has 2 unspecified atom stereocenters. The summed E-state index contributed by atoms with van der Waals surface area (Å²) in [6.07, 6.45) is 1.21. The minimum absolute atomic E-state index is 0.223. The Hall–Kier alpha value is -1.24. The largest absolute Gasteiger partial charge is 0.380 e. The summed E-state index contributed by atoms with van der Waals surface area (Å²) in [6.45, 7) is 0.871. The molecule has 6 heteroatoms. The van der Waals surface area contributed by atoms with E-state index in [0.717, 1.165) is 29.5 Å². The highest BCUT2D eigenvalue weighted by molar-refractivity contribution is 7.13. The van der Waals surface area contributed by atoms with Gasteiger partial charge < -0.3 is 10.1 Å². The summed E-state index contributed by atoms with van der Waals surface area (Å²) >= 11 is 1.65. The van der Waals surface area contributed by atoms with E-state index in [2.05, 4.69) is 20.5 Å². The van der Waals surface area contributed by atoms with E-state index in [1.807, 2.05) is 17.5 Å². The molecule has 0 saturated carbocycles. The van der Waals surface area contributed by atoms with Crippen molar-refractivity contribution in [1.29, 1.82) is 0 Å². The first-order valence-corrected chi connectivity index (χ1v) is 6.47. The fourth-order valence-electron chi connectivity index (χ4n) is 2.04. The number of hydrogen-bond donors (Lipinski definition) is 2. The third-order valence-corrected chi connectivity index (χ3v) is 3.86. The van der Waals surface area contributed by atoms with Gasteiger partial charge in [0, 0.05) is 13.7 Å². The summed E-state index contributed by atoms with van der Waals surface area (Å²) in [5, 5.41) is 12.7. The summed E-state index contributed by atoms with van der Waals surface area (Å²) in [5.41, 5.74) is 0. The third kappa shape index (κ3) is 2.11. The SMILES string of the molecule is COC1CNC(c2nc(-c3cccs3)n[nH]2)C1. The molecule has 0 bridgehead atoms. The van der Waals surface area contributed by atoms with Crippen LogP contribution in [-0.2, 0) is 4.74 Å². The molecule has 1 saturated heterocycles. The van der Waals surface area contributed by atoms with Gasteiger partial charge in [-0.15, -0.1) is 11.3 Å². The van der Waals surface area contributed by atoms with E-state index in [1.54, 1.807) is 18.4 Å². The van der Waals surface area contributed by atoms with Gasteiger partial charge in [0.25, 0.3) is 0 Å². The smallest absolute Gasteiger partial charge is 0.191 e. The van der Waals surface area contributed by atoms with Gasteiger partial charge in [-0.3, -0.25) is 5.10 Å². The highest BCUT2D eigenvalue weighted by Gasteiger charge is 2.27. The molecule has 5 nitrogen and oxygen atoms in total. The maximum absolute atomic E-state index is 5.32. The molecular weight excluding hydrogens is 236 g/mol. The van der Waals surface area contributed by atoms with Gasteiger partial charge in [-0.1, -0.05) is 6.07 Å². The number of aromatic nitrogens is 3. The lowest BCUT2D eigenvalue weighted by atomic mass is 10.2. The average molecular weight is 250 g/mol. The molecule has 17 heavy (non-hydrogen) atoms. The molecule has 90 valence electrons. The monoisotopic (exact) mass is 250 g/mol. The normalized spacial score (nSPS) is 24.3. The van der Waals surface area contributed by atoms with E-state index >= 15 is 0 Å². The van der Waals surface area contributed by atoms with Crippen molar-refractivity contribution < 1.29 is 4.74 Å². The second kappa shape index (κ2) is 4.56. The Morgan fingerprint density at radius 3 is 3.18 bits per heavy atom. The average Bonchev–Trinajstić information content (AvgIpc) is 3.09. The predicted octanol–water partition coefficient (Wildman–Crippen LogP) is 1.58. The Labute approximate surface area is 103 Å². The number of aromatic amines is 1. The third-order valence-electron chi connectivity index (χ3n) is 3.00. The number of thiophene rings is 1. The Morgan fingerprint density at radius 1 is 1.53 bits per heavy atom. The van der Waals surface area contributed by atoms with Crippen LogP contribution in [0, 0.1) is 0 Å². The first-order chi connectivity index (χ1) is 8.36. The number of hydrogen-bond acceptors (Lipinski definition) is 5. The Bertz CT molecular complexity index is 481. The van der Waals surface area contributed by atoms with E-state index in [0.29, 0.717) is 0 Å². The molecule has 0 radical (unpaired) electrons. The highest BCUT2D eigenvalue weighted by Crippen LogP contribution is 2.25. The van der Waals surface area contributed by atoms with Crippen molar-refractivity contribution in [3.05, 3.63) is 23.3 Å². The minimum Gasteiger partial charge on any atom is -0.380 e. The zero-order valence-electron chi connectivity index (χ0n) is 9.51. The fraction of sp³-hybridized carbons (Fsp3) is 0.455. The lowest BCUT2D eigenvalue weighted by Gasteiger charge is -2.05. The van der Waals surface area contributed by atoms with Crippen LogP contribution in [0.2, 0.25) is 0 Å². The van der Waals surface area contributed by atoms with Crippen LogP contribution in [0.25, 0.3) is 10.7 Å². The Balaban J connectivity index is 1.77. The number of H-pyrrole nitrogens is 1. The van der Waals surface area contributed by atoms with Gasteiger partial charge in [-0.2, -0.15) is 5.10 Å². The maximum atomic E-state index is 5.32. The molecule has 1 fully saturated rings. The molecule has 1 aliphatic rings. The molecular formula is C11H14N4OS. The summed E-state index contributed by atoms with van der Waals surface area (Å²) < 4.78 is 5.32. The van der Waals surface area contributed by atoms with Gasteiger partial charge in [-0.25, -0.2) is 4.98 Å². The van der Waals surface area contributed by atoms with Crippen LogP contribution >= 0.6 is 11.3 Å².